The van der Waals surface area contributed by atoms with Gasteiger partial charge in [-0.15, -0.1) is 0 Å². The van der Waals surface area contributed by atoms with E-state index < -0.39 is 11.4 Å². The van der Waals surface area contributed by atoms with Crippen molar-refractivity contribution in [2.75, 3.05) is 19.6 Å². The molecule has 0 saturated carbocycles. The fraction of sp³-hybridized carbons (Fsp3) is 0.846. The third kappa shape index (κ3) is 3.45. The molecule has 0 aliphatic carbocycles. The van der Waals surface area contributed by atoms with E-state index in [2.05, 4.69) is 5.32 Å². The number of nitrogens with one attached hydrogen (secondary N) is 1. The van der Waals surface area contributed by atoms with Crippen molar-refractivity contribution in [3.05, 3.63) is 0 Å². The first-order valence-electron chi connectivity index (χ1n) is 6.66. The van der Waals surface area contributed by atoms with Crippen molar-refractivity contribution in [3.8, 4) is 0 Å². The quantitative estimate of drug-likeness (QED) is 0.772. The van der Waals surface area contributed by atoms with Crippen LogP contribution in [0.1, 0.15) is 40.0 Å². The molecule has 1 saturated heterocycles. The highest BCUT2D eigenvalue weighted by Crippen LogP contribution is 2.33. The standard InChI is InChI=1S/C13H24N2O3/c1-4-13(12(17)18)6-5-7-15(9-13)11(16)8-14-10(2)3/h10,14H,4-9H2,1-3H3,(H,17,18). The second-order valence-corrected chi connectivity index (χ2v) is 5.39. The molecule has 0 spiro atoms. The maximum atomic E-state index is 12.0. The summed E-state index contributed by atoms with van der Waals surface area (Å²) in [6.07, 6.45) is 2.01. The number of rotatable bonds is 5. The largest absolute Gasteiger partial charge is 0.481 e. The van der Waals surface area contributed by atoms with Gasteiger partial charge >= 0.3 is 5.97 Å². The van der Waals surface area contributed by atoms with E-state index in [0.29, 0.717) is 25.9 Å². The summed E-state index contributed by atoms with van der Waals surface area (Å²) in [5, 5.41) is 12.4. The van der Waals surface area contributed by atoms with Gasteiger partial charge in [-0.2, -0.15) is 0 Å². The molecule has 5 nitrogen and oxygen atoms in total. The van der Waals surface area contributed by atoms with Crippen molar-refractivity contribution < 1.29 is 14.7 Å². The minimum atomic E-state index is -0.778. The van der Waals surface area contributed by atoms with E-state index in [4.69, 9.17) is 0 Å². The molecular formula is C13H24N2O3. The minimum absolute atomic E-state index is 0.00229. The Morgan fingerprint density at radius 2 is 2.11 bits per heavy atom. The van der Waals surface area contributed by atoms with Crippen LogP contribution in [0.5, 0.6) is 0 Å². The fourth-order valence-electron chi connectivity index (χ4n) is 2.36. The van der Waals surface area contributed by atoms with Crippen LogP contribution < -0.4 is 5.32 Å². The van der Waals surface area contributed by atoms with Crippen LogP contribution in [0.15, 0.2) is 0 Å². The van der Waals surface area contributed by atoms with Crippen molar-refractivity contribution >= 4 is 11.9 Å². The fourth-order valence-corrected chi connectivity index (χ4v) is 2.36. The maximum Gasteiger partial charge on any atom is 0.311 e. The summed E-state index contributed by atoms with van der Waals surface area (Å²) in [6, 6.07) is 0.258. The van der Waals surface area contributed by atoms with Crippen LogP contribution >= 0.6 is 0 Å². The lowest BCUT2D eigenvalue weighted by molar-refractivity contribution is -0.155. The third-order valence-electron chi connectivity index (χ3n) is 3.72. The van der Waals surface area contributed by atoms with Gasteiger partial charge in [0.25, 0.3) is 0 Å². The summed E-state index contributed by atoms with van der Waals surface area (Å²) < 4.78 is 0. The number of hydrogen-bond donors (Lipinski definition) is 2. The molecule has 0 aromatic heterocycles. The van der Waals surface area contributed by atoms with Crippen LogP contribution in [0.4, 0.5) is 0 Å². The SMILES string of the molecule is CCC1(C(=O)O)CCCN(C(=O)CNC(C)C)C1. The normalized spacial score (nSPS) is 24.3. The molecule has 0 radical (unpaired) electrons. The number of likely N-dealkylation sites (tertiary alicyclic amines) is 1. The molecule has 18 heavy (non-hydrogen) atoms. The Balaban J connectivity index is 2.63. The maximum absolute atomic E-state index is 12.0. The molecule has 1 aliphatic rings. The Morgan fingerprint density at radius 1 is 1.44 bits per heavy atom. The number of hydrogen-bond acceptors (Lipinski definition) is 3. The Bertz CT molecular complexity index is 317. The molecule has 0 aromatic rings. The van der Waals surface area contributed by atoms with E-state index in [0.717, 1.165) is 6.42 Å². The lowest BCUT2D eigenvalue weighted by Gasteiger charge is -2.39. The van der Waals surface area contributed by atoms with Crippen LogP contribution in [0.3, 0.4) is 0 Å². The van der Waals surface area contributed by atoms with E-state index >= 15 is 0 Å². The van der Waals surface area contributed by atoms with Gasteiger partial charge in [0.2, 0.25) is 5.91 Å². The molecule has 1 amide bonds. The van der Waals surface area contributed by atoms with Crippen LogP contribution in [0.2, 0.25) is 0 Å². The van der Waals surface area contributed by atoms with Gasteiger partial charge in [-0.05, 0) is 19.3 Å². The molecule has 1 fully saturated rings. The summed E-state index contributed by atoms with van der Waals surface area (Å²) in [7, 11) is 0. The predicted molar refractivity (Wildman–Crippen MR) is 69.3 cm³/mol. The summed E-state index contributed by atoms with van der Waals surface area (Å²) >= 11 is 0. The number of amides is 1. The zero-order chi connectivity index (χ0) is 13.8. The lowest BCUT2D eigenvalue weighted by atomic mass is 9.77. The van der Waals surface area contributed by atoms with Gasteiger partial charge in [-0.25, -0.2) is 0 Å². The lowest BCUT2D eigenvalue weighted by Crippen LogP contribution is -2.51. The number of piperidine rings is 1. The Hall–Kier alpha value is -1.10. The van der Waals surface area contributed by atoms with Gasteiger partial charge in [0, 0.05) is 19.1 Å². The number of carboxylic acid groups (broad SMARTS) is 1. The highest BCUT2D eigenvalue weighted by Gasteiger charge is 2.41. The van der Waals surface area contributed by atoms with E-state index in [1.807, 2.05) is 20.8 Å². The number of carbonyl (C=O) groups is 2. The van der Waals surface area contributed by atoms with Crippen LogP contribution in [-0.4, -0.2) is 47.6 Å². The van der Waals surface area contributed by atoms with Crippen molar-refractivity contribution in [2.24, 2.45) is 5.41 Å². The monoisotopic (exact) mass is 256 g/mol. The van der Waals surface area contributed by atoms with Crippen LogP contribution in [0.25, 0.3) is 0 Å². The number of carboxylic acids is 1. The van der Waals surface area contributed by atoms with E-state index in [-0.39, 0.29) is 18.5 Å². The van der Waals surface area contributed by atoms with Gasteiger partial charge in [0.15, 0.2) is 0 Å². The molecule has 0 bridgehead atoms. The zero-order valence-corrected chi connectivity index (χ0v) is 11.5. The molecule has 1 rings (SSSR count). The first-order valence-corrected chi connectivity index (χ1v) is 6.66. The van der Waals surface area contributed by atoms with Gasteiger partial charge in [0.05, 0.1) is 12.0 Å². The molecule has 1 unspecified atom stereocenters. The number of nitrogens with zero attached hydrogens (tertiary/aromatic N) is 1. The molecule has 2 N–H and O–H groups in total. The molecule has 1 atom stereocenters. The first kappa shape index (κ1) is 15.0. The smallest absolute Gasteiger partial charge is 0.311 e. The third-order valence-corrected chi connectivity index (χ3v) is 3.72. The molecule has 0 aromatic carbocycles. The second-order valence-electron chi connectivity index (χ2n) is 5.39. The van der Waals surface area contributed by atoms with Crippen molar-refractivity contribution in [3.63, 3.8) is 0 Å². The van der Waals surface area contributed by atoms with E-state index in [1.54, 1.807) is 4.90 Å². The topological polar surface area (TPSA) is 69.6 Å². The van der Waals surface area contributed by atoms with E-state index in [1.165, 1.54) is 0 Å². The summed E-state index contributed by atoms with van der Waals surface area (Å²) in [6.45, 7) is 7.16. The highest BCUT2D eigenvalue weighted by atomic mass is 16.4. The van der Waals surface area contributed by atoms with Crippen LogP contribution in [-0.2, 0) is 9.59 Å². The summed E-state index contributed by atoms with van der Waals surface area (Å²) in [5.74, 6) is -0.776. The Morgan fingerprint density at radius 3 is 2.61 bits per heavy atom. The van der Waals surface area contributed by atoms with Gasteiger partial charge in [0.1, 0.15) is 0 Å². The molecule has 1 heterocycles. The van der Waals surface area contributed by atoms with Crippen molar-refractivity contribution in [1.29, 1.82) is 0 Å². The number of aliphatic carboxylic acids is 1. The molecule has 5 heteroatoms. The van der Waals surface area contributed by atoms with Gasteiger partial charge in [-0.1, -0.05) is 20.8 Å². The highest BCUT2D eigenvalue weighted by molar-refractivity contribution is 5.81. The zero-order valence-electron chi connectivity index (χ0n) is 11.5. The number of carbonyl (C=O) groups excluding carboxylic acids is 1. The van der Waals surface area contributed by atoms with E-state index in [9.17, 15) is 14.7 Å². The summed E-state index contributed by atoms with van der Waals surface area (Å²) in [5.41, 5.74) is -0.744. The average molecular weight is 256 g/mol. The molecule has 104 valence electrons. The van der Waals surface area contributed by atoms with Crippen LogP contribution in [0, 0.1) is 5.41 Å². The van der Waals surface area contributed by atoms with Gasteiger partial charge in [-0.3, -0.25) is 9.59 Å². The Kier molecular flexibility index (Phi) is 5.14. The second kappa shape index (κ2) is 6.18. The summed E-state index contributed by atoms with van der Waals surface area (Å²) in [4.78, 5) is 25.1. The minimum Gasteiger partial charge on any atom is -0.481 e. The first-order chi connectivity index (χ1) is 8.41. The molecular weight excluding hydrogens is 232 g/mol. The average Bonchev–Trinajstić information content (AvgIpc) is 2.35. The molecule has 1 aliphatic heterocycles. The predicted octanol–water partition coefficient (Wildman–Crippen LogP) is 1.09. The van der Waals surface area contributed by atoms with Crippen molar-refractivity contribution in [2.45, 2.75) is 46.1 Å². The van der Waals surface area contributed by atoms with Crippen molar-refractivity contribution in [1.82, 2.24) is 10.2 Å². The Labute approximate surface area is 109 Å². The van der Waals surface area contributed by atoms with Gasteiger partial charge < -0.3 is 15.3 Å².